The molecular formula is C17H19BrO. The Balaban J connectivity index is 2.04. The van der Waals surface area contributed by atoms with E-state index in [-0.39, 0.29) is 10.8 Å². The molecule has 2 bridgehead atoms. The predicted octanol–water partition coefficient (Wildman–Crippen LogP) is 4.86. The van der Waals surface area contributed by atoms with Crippen molar-refractivity contribution < 1.29 is 4.79 Å². The molecule has 0 amide bonds. The highest BCUT2D eigenvalue weighted by atomic mass is 79.9. The summed E-state index contributed by atoms with van der Waals surface area (Å²) in [7, 11) is 0. The Kier molecular flexibility index (Phi) is 2.79. The minimum Gasteiger partial charge on any atom is -0.294 e. The van der Waals surface area contributed by atoms with Crippen LogP contribution in [0.15, 0.2) is 34.3 Å². The van der Waals surface area contributed by atoms with Gasteiger partial charge in [-0.15, -0.1) is 0 Å². The first kappa shape index (κ1) is 13.1. The van der Waals surface area contributed by atoms with Crippen molar-refractivity contribution in [3.05, 3.63) is 39.9 Å². The van der Waals surface area contributed by atoms with Crippen molar-refractivity contribution in [2.45, 2.75) is 33.6 Å². The summed E-state index contributed by atoms with van der Waals surface area (Å²) in [6.07, 6.45) is 4.30. The lowest BCUT2D eigenvalue weighted by Crippen LogP contribution is -2.32. The summed E-state index contributed by atoms with van der Waals surface area (Å²) in [4.78, 5) is 12.7. The maximum Gasteiger partial charge on any atom is 0.165 e. The van der Waals surface area contributed by atoms with Gasteiger partial charge in [0, 0.05) is 9.89 Å². The first-order valence-electron chi connectivity index (χ1n) is 6.88. The zero-order valence-electron chi connectivity index (χ0n) is 11.7. The van der Waals surface area contributed by atoms with Gasteiger partial charge in [0.2, 0.25) is 0 Å². The van der Waals surface area contributed by atoms with E-state index in [2.05, 4.69) is 54.9 Å². The molecule has 2 heteroatoms. The first-order chi connectivity index (χ1) is 8.86. The Hall–Kier alpha value is -0.890. The summed E-state index contributed by atoms with van der Waals surface area (Å²) in [5.74, 6) is 0.797. The Morgan fingerprint density at radius 2 is 1.84 bits per heavy atom. The summed E-state index contributed by atoms with van der Waals surface area (Å²) in [5, 5.41) is 0. The molecule has 2 fully saturated rings. The largest absolute Gasteiger partial charge is 0.294 e. The van der Waals surface area contributed by atoms with Gasteiger partial charge < -0.3 is 0 Å². The number of halogens is 1. The average Bonchev–Trinajstić information content (AvgIpc) is 2.66. The van der Waals surface area contributed by atoms with E-state index in [0.717, 1.165) is 28.5 Å². The van der Waals surface area contributed by atoms with Crippen molar-refractivity contribution in [3.63, 3.8) is 0 Å². The van der Waals surface area contributed by atoms with E-state index in [1.165, 1.54) is 0 Å². The van der Waals surface area contributed by atoms with Gasteiger partial charge in [-0.25, -0.2) is 0 Å². The second kappa shape index (κ2) is 4.05. The number of carbonyl (C=O) groups excluding carboxylic acids is 1. The molecule has 3 rings (SSSR count). The van der Waals surface area contributed by atoms with Crippen LogP contribution in [-0.4, -0.2) is 5.78 Å². The molecule has 19 heavy (non-hydrogen) atoms. The zero-order valence-corrected chi connectivity index (χ0v) is 13.3. The van der Waals surface area contributed by atoms with E-state index in [1.54, 1.807) is 0 Å². The van der Waals surface area contributed by atoms with Crippen LogP contribution in [0.25, 0.3) is 6.08 Å². The number of benzene rings is 1. The molecule has 1 aromatic rings. The van der Waals surface area contributed by atoms with Crippen LogP contribution in [0, 0.1) is 16.7 Å². The number of fused-ring (bicyclic) bond motifs is 2. The van der Waals surface area contributed by atoms with Gasteiger partial charge in [0.15, 0.2) is 5.78 Å². The van der Waals surface area contributed by atoms with Gasteiger partial charge in [-0.3, -0.25) is 4.79 Å². The summed E-state index contributed by atoms with van der Waals surface area (Å²) in [6.45, 7) is 6.66. The molecular weight excluding hydrogens is 300 g/mol. The fraction of sp³-hybridized carbons (Fsp3) is 0.471. The fourth-order valence-corrected chi connectivity index (χ4v) is 4.10. The number of hydrogen-bond donors (Lipinski definition) is 0. The molecule has 0 saturated heterocycles. The topological polar surface area (TPSA) is 17.1 Å². The average molecular weight is 319 g/mol. The van der Waals surface area contributed by atoms with Gasteiger partial charge in [0.1, 0.15) is 0 Å². The van der Waals surface area contributed by atoms with Crippen molar-refractivity contribution in [1.29, 1.82) is 0 Å². The lowest BCUT2D eigenvalue weighted by molar-refractivity contribution is -0.125. The van der Waals surface area contributed by atoms with Crippen LogP contribution in [0.4, 0.5) is 0 Å². The molecule has 2 atom stereocenters. The molecule has 0 heterocycles. The summed E-state index contributed by atoms with van der Waals surface area (Å²) >= 11 is 3.44. The van der Waals surface area contributed by atoms with E-state index < -0.39 is 0 Å². The molecule has 0 aromatic heterocycles. The van der Waals surface area contributed by atoms with Crippen LogP contribution in [0.5, 0.6) is 0 Å². The van der Waals surface area contributed by atoms with Gasteiger partial charge in [0.05, 0.1) is 0 Å². The Bertz CT molecular complexity index is 567. The van der Waals surface area contributed by atoms with Crippen molar-refractivity contribution in [2.24, 2.45) is 16.7 Å². The highest BCUT2D eigenvalue weighted by Gasteiger charge is 2.63. The van der Waals surface area contributed by atoms with Gasteiger partial charge in [0.25, 0.3) is 0 Å². The second-order valence-corrected chi connectivity index (χ2v) is 7.54. The lowest BCUT2D eigenvalue weighted by Gasteiger charge is -2.31. The minimum absolute atomic E-state index is 0.102. The number of hydrogen-bond acceptors (Lipinski definition) is 1. The molecule has 2 unspecified atom stereocenters. The summed E-state index contributed by atoms with van der Waals surface area (Å²) < 4.78 is 1.07. The third-order valence-corrected chi connectivity index (χ3v) is 6.09. The molecule has 0 N–H and O–H groups in total. The SMILES string of the molecule is CC12CCC(C(=Cc3ccc(Br)cc3)C1=O)C2(C)C. The smallest absolute Gasteiger partial charge is 0.165 e. The number of ketones is 1. The Labute approximate surface area is 123 Å². The Morgan fingerprint density at radius 1 is 1.21 bits per heavy atom. The number of Topliss-reactive ketones (excluding diaryl/α,β-unsaturated/α-hetero) is 1. The van der Waals surface area contributed by atoms with E-state index in [1.807, 2.05) is 12.1 Å². The summed E-state index contributed by atoms with van der Waals surface area (Å²) in [5.41, 5.74) is 2.11. The normalized spacial score (nSPS) is 34.2. The molecule has 2 aliphatic rings. The molecule has 0 radical (unpaired) electrons. The third-order valence-electron chi connectivity index (χ3n) is 5.56. The van der Waals surface area contributed by atoms with Crippen LogP contribution in [0.3, 0.4) is 0 Å². The standard InChI is InChI=1S/C17H19BrO/c1-16(2)14-8-9-17(16,3)15(19)13(14)10-11-4-6-12(18)7-5-11/h4-7,10,14H,8-9H2,1-3H3. The second-order valence-electron chi connectivity index (χ2n) is 6.63. The molecule has 1 aromatic carbocycles. The third kappa shape index (κ3) is 1.69. The van der Waals surface area contributed by atoms with Crippen molar-refractivity contribution in [2.75, 3.05) is 0 Å². The molecule has 0 aliphatic heterocycles. The predicted molar refractivity (Wildman–Crippen MR) is 81.7 cm³/mol. The van der Waals surface area contributed by atoms with Gasteiger partial charge in [-0.2, -0.15) is 0 Å². The van der Waals surface area contributed by atoms with Crippen LogP contribution < -0.4 is 0 Å². The van der Waals surface area contributed by atoms with Gasteiger partial charge >= 0.3 is 0 Å². The van der Waals surface area contributed by atoms with E-state index in [9.17, 15) is 4.79 Å². The molecule has 0 spiro atoms. The zero-order chi connectivity index (χ0) is 13.8. The molecule has 100 valence electrons. The molecule has 1 nitrogen and oxygen atoms in total. The van der Waals surface area contributed by atoms with E-state index >= 15 is 0 Å². The van der Waals surface area contributed by atoms with E-state index in [0.29, 0.717) is 11.7 Å². The van der Waals surface area contributed by atoms with Crippen molar-refractivity contribution in [1.82, 2.24) is 0 Å². The van der Waals surface area contributed by atoms with Gasteiger partial charge in [-0.05, 0) is 53.5 Å². The van der Waals surface area contributed by atoms with Crippen LogP contribution in [-0.2, 0) is 4.79 Å². The number of carbonyl (C=O) groups is 1. The summed E-state index contributed by atoms with van der Waals surface area (Å²) in [6, 6.07) is 8.17. The van der Waals surface area contributed by atoms with Gasteiger partial charge in [-0.1, -0.05) is 48.8 Å². The highest BCUT2D eigenvalue weighted by molar-refractivity contribution is 9.10. The van der Waals surface area contributed by atoms with E-state index in [4.69, 9.17) is 0 Å². The lowest BCUT2D eigenvalue weighted by atomic mass is 9.70. The van der Waals surface area contributed by atoms with Crippen LogP contribution in [0.2, 0.25) is 0 Å². The molecule has 2 saturated carbocycles. The molecule has 2 aliphatic carbocycles. The Morgan fingerprint density at radius 3 is 2.37 bits per heavy atom. The highest BCUT2D eigenvalue weighted by Crippen LogP contribution is 2.65. The maximum absolute atomic E-state index is 12.7. The monoisotopic (exact) mass is 318 g/mol. The van der Waals surface area contributed by atoms with Crippen LogP contribution >= 0.6 is 15.9 Å². The maximum atomic E-state index is 12.7. The van der Waals surface area contributed by atoms with Crippen molar-refractivity contribution in [3.8, 4) is 0 Å². The number of rotatable bonds is 1. The number of allylic oxidation sites excluding steroid dienone is 1. The minimum atomic E-state index is -0.154. The fourth-order valence-electron chi connectivity index (χ4n) is 3.83. The van der Waals surface area contributed by atoms with Crippen LogP contribution in [0.1, 0.15) is 39.2 Å². The quantitative estimate of drug-likeness (QED) is 0.676. The first-order valence-corrected chi connectivity index (χ1v) is 7.67. The van der Waals surface area contributed by atoms with Crippen molar-refractivity contribution >= 4 is 27.8 Å².